The molecular formula is C18H13Cl2IN6O4. The van der Waals surface area contributed by atoms with E-state index in [4.69, 9.17) is 27.9 Å². The van der Waals surface area contributed by atoms with Crippen molar-refractivity contribution in [2.75, 3.05) is 17.3 Å². The Morgan fingerprint density at radius 3 is 2.52 bits per heavy atom. The predicted octanol–water partition coefficient (Wildman–Crippen LogP) is 4.56. The third kappa shape index (κ3) is 6.29. The van der Waals surface area contributed by atoms with Crippen molar-refractivity contribution >= 4 is 74.7 Å². The van der Waals surface area contributed by atoms with Gasteiger partial charge in [0, 0.05) is 14.3 Å². The van der Waals surface area contributed by atoms with Gasteiger partial charge in [-0.2, -0.15) is 0 Å². The van der Waals surface area contributed by atoms with Gasteiger partial charge in [-0.3, -0.25) is 25.8 Å². The number of amides is 1. The van der Waals surface area contributed by atoms with Gasteiger partial charge in [-0.1, -0.05) is 23.2 Å². The second-order valence-electron chi connectivity index (χ2n) is 5.85. The summed E-state index contributed by atoms with van der Waals surface area (Å²) >= 11 is 13.9. The van der Waals surface area contributed by atoms with Crippen LogP contribution in [-0.4, -0.2) is 27.4 Å². The third-order valence-corrected chi connectivity index (χ3v) is 4.93. The lowest BCUT2D eigenvalue weighted by atomic mass is 10.3. The van der Waals surface area contributed by atoms with Gasteiger partial charge in [0.25, 0.3) is 5.91 Å². The number of ether oxygens (including phenoxy) is 1. The normalized spacial score (nSPS) is 10.3. The predicted molar refractivity (Wildman–Crippen MR) is 125 cm³/mol. The summed E-state index contributed by atoms with van der Waals surface area (Å²) in [6, 6.07) is 11.7. The maximum Gasteiger partial charge on any atom is 0.355 e. The summed E-state index contributed by atoms with van der Waals surface area (Å²) in [5, 5.41) is 15.1. The third-order valence-electron chi connectivity index (χ3n) is 3.68. The van der Waals surface area contributed by atoms with Gasteiger partial charge in [-0.25, -0.2) is 9.97 Å². The van der Waals surface area contributed by atoms with Gasteiger partial charge in [0.05, 0.1) is 9.95 Å². The van der Waals surface area contributed by atoms with Crippen LogP contribution in [0.3, 0.4) is 0 Å². The second-order valence-corrected chi connectivity index (χ2v) is 7.93. The number of benzene rings is 2. The van der Waals surface area contributed by atoms with Crippen LogP contribution in [0.25, 0.3) is 0 Å². The fourth-order valence-electron chi connectivity index (χ4n) is 2.31. The quantitative estimate of drug-likeness (QED) is 0.203. The highest BCUT2D eigenvalue weighted by Crippen LogP contribution is 2.31. The first-order valence-corrected chi connectivity index (χ1v) is 10.3. The van der Waals surface area contributed by atoms with Crippen molar-refractivity contribution in [3.8, 4) is 5.75 Å². The minimum atomic E-state index is -0.659. The van der Waals surface area contributed by atoms with Gasteiger partial charge in [0.15, 0.2) is 6.61 Å². The largest absolute Gasteiger partial charge is 0.482 e. The highest BCUT2D eigenvalue weighted by molar-refractivity contribution is 14.1. The Morgan fingerprint density at radius 1 is 1.13 bits per heavy atom. The Kier molecular flexibility index (Phi) is 7.65. The van der Waals surface area contributed by atoms with Gasteiger partial charge in [0.1, 0.15) is 12.1 Å². The van der Waals surface area contributed by atoms with Gasteiger partial charge in [-0.15, -0.1) is 0 Å². The molecule has 0 fully saturated rings. The first-order chi connectivity index (χ1) is 14.8. The number of halogens is 3. The van der Waals surface area contributed by atoms with Gasteiger partial charge in [-0.05, 0) is 65.1 Å². The summed E-state index contributed by atoms with van der Waals surface area (Å²) in [4.78, 5) is 30.8. The van der Waals surface area contributed by atoms with Gasteiger partial charge >= 0.3 is 5.69 Å². The van der Waals surface area contributed by atoms with Gasteiger partial charge < -0.3 is 10.1 Å². The molecule has 3 N–H and O–H groups in total. The molecule has 31 heavy (non-hydrogen) atoms. The number of nitrogens with zero attached hydrogens (tertiary/aromatic N) is 3. The van der Waals surface area contributed by atoms with E-state index in [0.717, 1.165) is 9.90 Å². The van der Waals surface area contributed by atoms with E-state index in [-0.39, 0.29) is 22.4 Å². The summed E-state index contributed by atoms with van der Waals surface area (Å²) in [6.07, 6.45) is 1.13. The lowest BCUT2D eigenvalue weighted by Gasteiger charge is -2.12. The number of rotatable bonds is 8. The Balaban J connectivity index is 1.67. The van der Waals surface area contributed by atoms with E-state index >= 15 is 0 Å². The number of nitrogens with one attached hydrogen (secondary N) is 3. The molecule has 0 bridgehead atoms. The zero-order valence-electron chi connectivity index (χ0n) is 15.4. The van der Waals surface area contributed by atoms with Crippen molar-refractivity contribution in [1.29, 1.82) is 0 Å². The van der Waals surface area contributed by atoms with Gasteiger partial charge in [0.2, 0.25) is 11.6 Å². The van der Waals surface area contributed by atoms with E-state index in [0.29, 0.717) is 10.7 Å². The molecule has 0 unspecified atom stereocenters. The average Bonchev–Trinajstić information content (AvgIpc) is 2.73. The van der Waals surface area contributed by atoms with E-state index in [1.54, 1.807) is 18.2 Å². The highest BCUT2D eigenvalue weighted by Gasteiger charge is 2.23. The van der Waals surface area contributed by atoms with Crippen molar-refractivity contribution in [2.45, 2.75) is 0 Å². The standard InChI is InChI=1S/C18H13Cl2IN6O4/c19-10-1-6-14(13(20)7-10)31-8-15(28)25-26-18-16(27(29)30)17(22-9-23-18)24-12-4-2-11(21)3-5-12/h1-7,9H,8H2,(H,25,28)(H2,22,23,24,26). The molecule has 0 aliphatic carbocycles. The van der Waals surface area contributed by atoms with Crippen molar-refractivity contribution in [3.05, 3.63) is 72.5 Å². The minimum absolute atomic E-state index is 0.0397. The number of carbonyl (C=O) groups is 1. The van der Waals surface area contributed by atoms with Crippen LogP contribution in [-0.2, 0) is 4.79 Å². The second kappa shape index (κ2) is 10.4. The van der Waals surface area contributed by atoms with E-state index in [2.05, 4.69) is 48.7 Å². The zero-order chi connectivity index (χ0) is 22.4. The first-order valence-electron chi connectivity index (χ1n) is 8.48. The molecule has 0 atom stereocenters. The Morgan fingerprint density at radius 2 is 1.84 bits per heavy atom. The maximum absolute atomic E-state index is 12.1. The molecular weight excluding hydrogens is 562 g/mol. The fourth-order valence-corrected chi connectivity index (χ4v) is 3.13. The van der Waals surface area contributed by atoms with Crippen LogP contribution in [0.2, 0.25) is 10.0 Å². The van der Waals surface area contributed by atoms with E-state index in [1.807, 2.05) is 12.1 Å². The molecule has 0 aliphatic heterocycles. The van der Waals surface area contributed by atoms with Crippen LogP contribution >= 0.6 is 45.8 Å². The van der Waals surface area contributed by atoms with Crippen LogP contribution in [0, 0.1) is 13.7 Å². The maximum atomic E-state index is 12.1. The number of hydrogen-bond acceptors (Lipinski definition) is 8. The van der Waals surface area contributed by atoms with Crippen LogP contribution in [0.15, 0.2) is 48.8 Å². The summed E-state index contributed by atoms with van der Waals surface area (Å²) in [5.41, 5.74) is 4.87. The van der Waals surface area contributed by atoms with E-state index in [1.165, 1.54) is 12.1 Å². The Hall–Kier alpha value is -2.90. The molecule has 1 amide bonds. The molecule has 2 aromatic carbocycles. The monoisotopic (exact) mass is 574 g/mol. The molecule has 0 radical (unpaired) electrons. The molecule has 1 heterocycles. The molecule has 0 aliphatic rings. The summed E-state index contributed by atoms with van der Waals surface area (Å²) in [7, 11) is 0. The molecule has 10 nitrogen and oxygen atoms in total. The molecule has 1 aromatic heterocycles. The highest BCUT2D eigenvalue weighted by atomic mass is 127. The van der Waals surface area contributed by atoms with Crippen LogP contribution < -0.4 is 20.9 Å². The summed E-state index contributed by atoms with van der Waals surface area (Å²) in [5.74, 6) is -0.600. The molecule has 0 saturated heterocycles. The Bertz CT molecular complexity index is 1120. The van der Waals surface area contributed by atoms with E-state index < -0.39 is 23.1 Å². The SMILES string of the molecule is O=C(COc1ccc(Cl)cc1Cl)NNc1ncnc(Nc2ccc(I)cc2)c1[N+](=O)[O-]. The average molecular weight is 575 g/mol. The number of hydrogen-bond donors (Lipinski definition) is 3. The van der Waals surface area contributed by atoms with Crippen LogP contribution in [0.4, 0.5) is 23.0 Å². The first kappa shape index (κ1) is 22.8. The number of hydrazine groups is 1. The molecule has 0 saturated carbocycles. The van der Waals surface area contributed by atoms with Crippen LogP contribution in [0.5, 0.6) is 5.75 Å². The molecule has 160 valence electrons. The topological polar surface area (TPSA) is 131 Å². The fraction of sp³-hybridized carbons (Fsp3) is 0.0556. The smallest absolute Gasteiger partial charge is 0.355 e. The lowest BCUT2D eigenvalue weighted by molar-refractivity contribution is -0.383. The number of aromatic nitrogens is 2. The zero-order valence-corrected chi connectivity index (χ0v) is 19.1. The lowest BCUT2D eigenvalue weighted by Crippen LogP contribution is -2.34. The van der Waals surface area contributed by atoms with Crippen molar-refractivity contribution in [2.24, 2.45) is 0 Å². The molecule has 3 rings (SSSR count). The summed E-state index contributed by atoms with van der Waals surface area (Å²) in [6.45, 7) is -0.402. The van der Waals surface area contributed by atoms with Crippen molar-refractivity contribution in [1.82, 2.24) is 15.4 Å². The van der Waals surface area contributed by atoms with Crippen molar-refractivity contribution in [3.63, 3.8) is 0 Å². The minimum Gasteiger partial charge on any atom is -0.482 e. The molecule has 0 spiro atoms. The summed E-state index contributed by atoms with van der Waals surface area (Å²) < 4.78 is 6.32. The number of nitro groups is 1. The van der Waals surface area contributed by atoms with Crippen molar-refractivity contribution < 1.29 is 14.5 Å². The van der Waals surface area contributed by atoms with E-state index in [9.17, 15) is 14.9 Å². The molecule has 13 heteroatoms. The van der Waals surface area contributed by atoms with Crippen LogP contribution in [0.1, 0.15) is 0 Å². The Labute approximate surface area is 199 Å². The molecule has 3 aromatic rings. The number of anilines is 3. The number of carbonyl (C=O) groups excluding carboxylic acids is 1.